The number of carbonyl (C=O) groups excluding carboxylic acids is 1. The summed E-state index contributed by atoms with van der Waals surface area (Å²) in [6, 6.07) is 4.05. The maximum Gasteiger partial charge on any atom is 0.262 e. The summed E-state index contributed by atoms with van der Waals surface area (Å²) in [6.07, 6.45) is 7.76. The van der Waals surface area contributed by atoms with E-state index in [1.54, 1.807) is 0 Å². The number of hydrogen-bond donors (Lipinski definition) is 1. The van der Waals surface area contributed by atoms with Crippen molar-refractivity contribution in [3.63, 3.8) is 0 Å². The van der Waals surface area contributed by atoms with E-state index in [0.29, 0.717) is 17.8 Å². The van der Waals surface area contributed by atoms with Crippen molar-refractivity contribution in [2.75, 3.05) is 0 Å². The highest BCUT2D eigenvalue weighted by atomic mass is 16.6. The largest absolute Gasteiger partial charge is 0.867 e. The number of nitrogens with one attached hydrogen (secondary N) is 1. The Bertz CT molecular complexity index is 723. The van der Waals surface area contributed by atoms with Gasteiger partial charge in [0.15, 0.2) is 0 Å². The lowest BCUT2D eigenvalue weighted by Gasteiger charge is -2.55. The summed E-state index contributed by atoms with van der Waals surface area (Å²) in [6.45, 7) is 0. The van der Waals surface area contributed by atoms with Crippen LogP contribution in [0.1, 0.15) is 44.1 Å². The molecule has 4 bridgehead atoms. The lowest BCUT2D eigenvalue weighted by atomic mass is 9.49. The van der Waals surface area contributed by atoms with Gasteiger partial charge in [0.05, 0.1) is 16.6 Å². The second-order valence-electron chi connectivity index (χ2n) is 7.85. The van der Waals surface area contributed by atoms with Crippen molar-refractivity contribution >= 4 is 17.8 Å². The molecule has 25 heavy (non-hydrogen) atoms. The van der Waals surface area contributed by atoms with Crippen LogP contribution in [-0.4, -0.2) is 17.0 Å². The molecule has 7 heteroatoms. The molecule has 0 aromatic heterocycles. The third kappa shape index (κ3) is 2.77. The van der Waals surface area contributed by atoms with Gasteiger partial charge >= 0.3 is 0 Å². The van der Waals surface area contributed by atoms with Crippen LogP contribution >= 0.6 is 0 Å². The van der Waals surface area contributed by atoms with Gasteiger partial charge in [0.25, 0.3) is 5.69 Å². The summed E-state index contributed by atoms with van der Waals surface area (Å²) in [7, 11) is 0. The molecule has 4 fully saturated rings. The van der Waals surface area contributed by atoms with Crippen LogP contribution in [0.5, 0.6) is 5.75 Å². The molecule has 1 amide bonds. The fourth-order valence-electron chi connectivity index (χ4n) is 5.46. The van der Waals surface area contributed by atoms with E-state index in [-0.39, 0.29) is 16.9 Å². The third-order valence-electron chi connectivity index (χ3n) is 6.11. The molecule has 0 radical (unpaired) electrons. The first-order valence-electron chi connectivity index (χ1n) is 8.75. The Morgan fingerprint density at radius 2 is 1.80 bits per heavy atom. The van der Waals surface area contributed by atoms with Gasteiger partial charge in [0.1, 0.15) is 0 Å². The van der Waals surface area contributed by atoms with Gasteiger partial charge in [-0.1, -0.05) is 12.1 Å². The van der Waals surface area contributed by atoms with E-state index < -0.39 is 16.4 Å². The zero-order chi connectivity index (χ0) is 17.6. The fraction of sp³-hybridized carbons (Fsp3) is 0.556. The Hall–Kier alpha value is -2.44. The van der Waals surface area contributed by atoms with Gasteiger partial charge in [-0.25, -0.2) is 5.43 Å². The van der Waals surface area contributed by atoms with Crippen molar-refractivity contribution in [1.82, 2.24) is 5.43 Å². The van der Waals surface area contributed by atoms with Crippen LogP contribution in [0.25, 0.3) is 0 Å². The smallest absolute Gasteiger partial charge is 0.262 e. The molecule has 4 aliphatic rings. The quantitative estimate of drug-likeness (QED) is 0.514. The Labute approximate surface area is 145 Å². The Morgan fingerprint density at radius 3 is 2.36 bits per heavy atom. The standard InChI is InChI=1S/C18H21N3O4/c22-16-14(2-1-3-15(16)21(24)25)10-19-20-17(23)18-7-11-4-12(8-18)6-13(5-11)9-18/h1-3,10-13,22H,4-9H2,(H,20,23)/p-1/b19-10-. The van der Waals surface area contributed by atoms with Crippen molar-refractivity contribution < 1.29 is 14.8 Å². The highest BCUT2D eigenvalue weighted by molar-refractivity contribution is 5.88. The molecule has 7 nitrogen and oxygen atoms in total. The molecule has 0 unspecified atom stereocenters. The molecule has 1 aromatic rings. The summed E-state index contributed by atoms with van der Waals surface area (Å²) in [5.74, 6) is 1.21. The second kappa shape index (κ2) is 5.82. The third-order valence-corrected chi connectivity index (χ3v) is 6.11. The van der Waals surface area contributed by atoms with Gasteiger partial charge in [-0.2, -0.15) is 5.10 Å². The topological polar surface area (TPSA) is 108 Å². The number of amides is 1. The Balaban J connectivity index is 1.47. The summed E-state index contributed by atoms with van der Waals surface area (Å²) in [4.78, 5) is 22.8. The molecule has 0 heterocycles. The lowest BCUT2D eigenvalue weighted by Crippen LogP contribution is -2.52. The summed E-state index contributed by atoms with van der Waals surface area (Å²) in [5, 5.41) is 26.7. The molecule has 4 aliphatic carbocycles. The van der Waals surface area contributed by atoms with E-state index in [0.717, 1.165) is 25.3 Å². The normalized spacial score (nSPS) is 32.9. The van der Waals surface area contributed by atoms with E-state index in [4.69, 9.17) is 0 Å². The van der Waals surface area contributed by atoms with Gasteiger partial charge in [0, 0.05) is 6.07 Å². The van der Waals surface area contributed by atoms with Crippen molar-refractivity contribution in [3.8, 4) is 5.75 Å². The monoisotopic (exact) mass is 342 g/mol. The lowest BCUT2D eigenvalue weighted by molar-refractivity contribution is -0.398. The van der Waals surface area contributed by atoms with Crippen LogP contribution in [0, 0.1) is 33.3 Å². The highest BCUT2D eigenvalue weighted by Gasteiger charge is 2.54. The van der Waals surface area contributed by atoms with Crippen LogP contribution in [-0.2, 0) is 4.79 Å². The maximum atomic E-state index is 12.7. The number of nitro groups is 1. The van der Waals surface area contributed by atoms with Crippen LogP contribution in [0.4, 0.5) is 5.69 Å². The van der Waals surface area contributed by atoms with Crippen LogP contribution in [0.15, 0.2) is 23.3 Å². The zero-order valence-corrected chi connectivity index (χ0v) is 13.8. The Kier molecular flexibility index (Phi) is 3.74. The van der Waals surface area contributed by atoms with Gasteiger partial charge < -0.3 is 5.11 Å². The summed E-state index contributed by atoms with van der Waals surface area (Å²) in [5.41, 5.74) is 1.88. The van der Waals surface area contributed by atoms with E-state index >= 15 is 0 Å². The number of benzene rings is 1. The molecule has 4 saturated carbocycles. The SMILES string of the molecule is O=C(N/N=C\c1cccc([N+](=O)[O-])c1[O-])C12CC3CC(CC(C3)C1)C2. The molecule has 1 N–H and O–H groups in total. The van der Waals surface area contributed by atoms with E-state index in [9.17, 15) is 20.0 Å². The van der Waals surface area contributed by atoms with Crippen LogP contribution in [0.3, 0.4) is 0 Å². The first-order valence-corrected chi connectivity index (χ1v) is 8.75. The molecular formula is C18H20N3O4-. The molecule has 5 rings (SSSR count). The van der Waals surface area contributed by atoms with Crippen molar-refractivity contribution in [3.05, 3.63) is 33.9 Å². The summed E-state index contributed by atoms with van der Waals surface area (Å²) >= 11 is 0. The number of carbonyl (C=O) groups is 1. The van der Waals surface area contributed by atoms with Crippen LogP contribution in [0.2, 0.25) is 0 Å². The number of para-hydroxylation sites is 1. The van der Waals surface area contributed by atoms with Crippen molar-refractivity contribution in [2.24, 2.45) is 28.3 Å². The molecule has 0 saturated heterocycles. The van der Waals surface area contributed by atoms with Crippen molar-refractivity contribution in [2.45, 2.75) is 38.5 Å². The highest BCUT2D eigenvalue weighted by Crippen LogP contribution is 2.60. The average molecular weight is 342 g/mol. The van der Waals surface area contributed by atoms with E-state index in [2.05, 4.69) is 10.5 Å². The second-order valence-corrected chi connectivity index (χ2v) is 7.85. The maximum absolute atomic E-state index is 12.7. The van der Waals surface area contributed by atoms with E-state index in [1.807, 2.05) is 0 Å². The number of hydrazone groups is 1. The molecule has 0 aliphatic heterocycles. The van der Waals surface area contributed by atoms with E-state index in [1.165, 1.54) is 37.6 Å². The predicted molar refractivity (Wildman–Crippen MR) is 88.9 cm³/mol. The predicted octanol–water partition coefficient (Wildman–Crippen LogP) is 2.33. The van der Waals surface area contributed by atoms with Gasteiger partial charge in [-0.05, 0) is 67.6 Å². The zero-order valence-electron chi connectivity index (χ0n) is 13.8. The number of nitro benzene ring substituents is 1. The van der Waals surface area contributed by atoms with Gasteiger partial charge in [0.2, 0.25) is 5.91 Å². The molecule has 132 valence electrons. The number of rotatable bonds is 4. The number of hydrogen-bond acceptors (Lipinski definition) is 5. The molecule has 1 aromatic carbocycles. The minimum Gasteiger partial charge on any atom is -0.867 e. The molecular weight excluding hydrogens is 322 g/mol. The summed E-state index contributed by atoms with van der Waals surface area (Å²) < 4.78 is 0. The first kappa shape index (κ1) is 16.1. The minimum atomic E-state index is -0.715. The molecule has 0 atom stereocenters. The fourth-order valence-corrected chi connectivity index (χ4v) is 5.46. The first-order chi connectivity index (χ1) is 12.0. The van der Waals surface area contributed by atoms with Crippen molar-refractivity contribution in [1.29, 1.82) is 0 Å². The average Bonchev–Trinajstić information content (AvgIpc) is 2.54. The molecule has 0 spiro atoms. The Morgan fingerprint density at radius 1 is 1.20 bits per heavy atom. The van der Waals surface area contributed by atoms with Crippen LogP contribution < -0.4 is 10.5 Å². The minimum absolute atomic E-state index is 0.0688. The van der Waals surface area contributed by atoms with Gasteiger partial charge in [-0.15, -0.1) is 0 Å². The number of nitrogens with zero attached hydrogens (tertiary/aromatic N) is 2. The van der Waals surface area contributed by atoms with Gasteiger partial charge in [-0.3, -0.25) is 14.9 Å².